The quantitative estimate of drug-likeness (QED) is 0.804. The zero-order valence-electron chi connectivity index (χ0n) is 10.6. The van der Waals surface area contributed by atoms with Gasteiger partial charge in [0.05, 0.1) is 6.61 Å². The standard InChI is InChI=1S/C15H13FN2O2/c16-10-4-5-12-13(7-10)18-15(20)14(12)17-11-3-1-2-9(6-11)8-19/h1-7,14,17,19H,8H2,(H,18,20). The maximum atomic E-state index is 13.1. The van der Waals surface area contributed by atoms with Crippen LogP contribution in [0.2, 0.25) is 0 Å². The Labute approximate surface area is 115 Å². The summed E-state index contributed by atoms with van der Waals surface area (Å²) in [6.45, 7) is -0.0613. The molecule has 0 aliphatic carbocycles. The highest BCUT2D eigenvalue weighted by molar-refractivity contribution is 6.04. The van der Waals surface area contributed by atoms with E-state index in [1.165, 1.54) is 12.1 Å². The first kappa shape index (κ1) is 12.6. The molecule has 0 spiro atoms. The van der Waals surface area contributed by atoms with Crippen LogP contribution in [0.3, 0.4) is 0 Å². The number of carbonyl (C=O) groups excluding carboxylic acids is 1. The van der Waals surface area contributed by atoms with Crippen LogP contribution in [0.1, 0.15) is 17.2 Å². The summed E-state index contributed by atoms with van der Waals surface area (Å²) < 4.78 is 13.1. The summed E-state index contributed by atoms with van der Waals surface area (Å²) in [5.41, 5.74) is 2.69. The van der Waals surface area contributed by atoms with E-state index < -0.39 is 6.04 Å². The number of hydrogen-bond acceptors (Lipinski definition) is 3. The third-order valence-corrected chi connectivity index (χ3v) is 3.27. The van der Waals surface area contributed by atoms with Gasteiger partial charge in [-0.05, 0) is 29.8 Å². The van der Waals surface area contributed by atoms with Crippen molar-refractivity contribution in [2.45, 2.75) is 12.6 Å². The molecular formula is C15H13FN2O2. The molecule has 1 unspecified atom stereocenters. The lowest BCUT2D eigenvalue weighted by Crippen LogP contribution is -2.19. The summed E-state index contributed by atoms with van der Waals surface area (Å²) in [6, 6.07) is 10.9. The van der Waals surface area contributed by atoms with Gasteiger partial charge in [0.1, 0.15) is 11.9 Å². The van der Waals surface area contributed by atoms with Gasteiger partial charge in [-0.25, -0.2) is 4.39 Å². The molecule has 1 heterocycles. The van der Waals surface area contributed by atoms with Gasteiger partial charge in [0, 0.05) is 16.9 Å². The fourth-order valence-electron chi connectivity index (χ4n) is 2.30. The molecule has 102 valence electrons. The molecule has 3 rings (SSSR count). The van der Waals surface area contributed by atoms with Crippen LogP contribution in [0.4, 0.5) is 15.8 Å². The lowest BCUT2D eigenvalue weighted by Gasteiger charge is -2.13. The fourth-order valence-corrected chi connectivity index (χ4v) is 2.30. The van der Waals surface area contributed by atoms with Gasteiger partial charge in [0.25, 0.3) is 5.91 Å². The number of benzene rings is 2. The summed E-state index contributed by atoms with van der Waals surface area (Å²) in [5.74, 6) is -0.605. The average molecular weight is 272 g/mol. The lowest BCUT2D eigenvalue weighted by atomic mass is 10.1. The minimum Gasteiger partial charge on any atom is -0.392 e. The summed E-state index contributed by atoms with van der Waals surface area (Å²) in [5, 5.41) is 14.9. The predicted molar refractivity (Wildman–Crippen MR) is 73.8 cm³/mol. The number of fused-ring (bicyclic) bond motifs is 1. The Bertz CT molecular complexity index is 673. The SMILES string of the molecule is O=C1Nc2cc(F)ccc2C1Nc1cccc(CO)c1. The Morgan fingerprint density at radius 1 is 1.25 bits per heavy atom. The van der Waals surface area contributed by atoms with Gasteiger partial charge in [0.15, 0.2) is 0 Å². The van der Waals surface area contributed by atoms with Crippen LogP contribution in [0.25, 0.3) is 0 Å². The van der Waals surface area contributed by atoms with Crippen LogP contribution in [-0.2, 0) is 11.4 Å². The number of nitrogens with one attached hydrogen (secondary N) is 2. The van der Waals surface area contributed by atoms with E-state index in [1.54, 1.807) is 24.3 Å². The molecule has 0 fully saturated rings. The highest BCUT2D eigenvalue weighted by Gasteiger charge is 2.30. The molecular weight excluding hydrogens is 259 g/mol. The second-order valence-corrected chi connectivity index (χ2v) is 4.66. The van der Waals surface area contributed by atoms with Crippen LogP contribution < -0.4 is 10.6 Å². The first-order chi connectivity index (χ1) is 9.67. The molecule has 1 atom stereocenters. The van der Waals surface area contributed by atoms with E-state index in [2.05, 4.69) is 10.6 Å². The third-order valence-electron chi connectivity index (χ3n) is 3.27. The zero-order valence-corrected chi connectivity index (χ0v) is 10.6. The molecule has 4 nitrogen and oxygen atoms in total. The molecule has 0 bridgehead atoms. The molecule has 1 aliphatic rings. The Kier molecular flexibility index (Phi) is 3.12. The second kappa shape index (κ2) is 4.94. The van der Waals surface area contributed by atoms with E-state index in [4.69, 9.17) is 5.11 Å². The number of halogens is 1. The van der Waals surface area contributed by atoms with Gasteiger partial charge >= 0.3 is 0 Å². The van der Waals surface area contributed by atoms with Crippen molar-refractivity contribution in [2.75, 3.05) is 10.6 Å². The van der Waals surface area contributed by atoms with Gasteiger partial charge in [-0.15, -0.1) is 0 Å². The lowest BCUT2D eigenvalue weighted by molar-refractivity contribution is -0.116. The van der Waals surface area contributed by atoms with Gasteiger partial charge in [-0.3, -0.25) is 4.79 Å². The van der Waals surface area contributed by atoms with Crippen molar-refractivity contribution in [1.29, 1.82) is 0 Å². The Balaban J connectivity index is 1.90. The maximum Gasteiger partial charge on any atom is 0.251 e. The highest BCUT2D eigenvalue weighted by Crippen LogP contribution is 2.33. The molecule has 1 amide bonds. The topological polar surface area (TPSA) is 61.4 Å². The molecule has 5 heteroatoms. The average Bonchev–Trinajstić information content (AvgIpc) is 2.74. The van der Waals surface area contributed by atoms with Crippen molar-refractivity contribution in [3.63, 3.8) is 0 Å². The van der Waals surface area contributed by atoms with E-state index in [9.17, 15) is 9.18 Å². The normalized spacial score (nSPS) is 16.7. The number of rotatable bonds is 3. The molecule has 3 N–H and O–H groups in total. The zero-order chi connectivity index (χ0) is 14.1. The van der Waals surface area contributed by atoms with E-state index in [0.29, 0.717) is 11.3 Å². The van der Waals surface area contributed by atoms with Crippen molar-refractivity contribution in [1.82, 2.24) is 0 Å². The van der Waals surface area contributed by atoms with Crippen LogP contribution in [-0.4, -0.2) is 11.0 Å². The number of aliphatic hydroxyl groups is 1. The van der Waals surface area contributed by atoms with Crippen molar-refractivity contribution in [3.05, 3.63) is 59.4 Å². The Morgan fingerprint density at radius 2 is 2.10 bits per heavy atom. The predicted octanol–water partition coefficient (Wildman–Crippen LogP) is 2.42. The molecule has 0 aromatic heterocycles. The van der Waals surface area contributed by atoms with Crippen molar-refractivity contribution < 1.29 is 14.3 Å². The maximum absolute atomic E-state index is 13.1. The van der Waals surface area contributed by atoms with Gasteiger partial charge in [-0.1, -0.05) is 18.2 Å². The van der Waals surface area contributed by atoms with E-state index in [0.717, 1.165) is 11.3 Å². The van der Waals surface area contributed by atoms with Gasteiger partial charge < -0.3 is 15.7 Å². The van der Waals surface area contributed by atoms with Crippen molar-refractivity contribution >= 4 is 17.3 Å². The molecule has 0 radical (unpaired) electrons. The van der Waals surface area contributed by atoms with Crippen molar-refractivity contribution in [2.24, 2.45) is 0 Å². The van der Waals surface area contributed by atoms with Gasteiger partial charge in [-0.2, -0.15) is 0 Å². The third kappa shape index (κ3) is 2.23. The first-order valence-corrected chi connectivity index (χ1v) is 6.24. The summed E-state index contributed by atoms with van der Waals surface area (Å²) in [7, 11) is 0. The number of carbonyl (C=O) groups is 1. The highest BCUT2D eigenvalue weighted by atomic mass is 19.1. The van der Waals surface area contributed by atoms with Crippen LogP contribution in [0, 0.1) is 5.82 Å². The van der Waals surface area contributed by atoms with Crippen molar-refractivity contribution in [3.8, 4) is 0 Å². The molecule has 0 saturated heterocycles. The molecule has 20 heavy (non-hydrogen) atoms. The van der Waals surface area contributed by atoms with Crippen LogP contribution >= 0.6 is 0 Å². The van der Waals surface area contributed by atoms with Crippen LogP contribution in [0.5, 0.6) is 0 Å². The summed E-state index contributed by atoms with van der Waals surface area (Å²) >= 11 is 0. The monoisotopic (exact) mass is 272 g/mol. The second-order valence-electron chi connectivity index (χ2n) is 4.66. The molecule has 0 saturated carbocycles. The van der Waals surface area contributed by atoms with E-state index >= 15 is 0 Å². The smallest absolute Gasteiger partial charge is 0.251 e. The number of anilines is 2. The number of aliphatic hydroxyl groups excluding tert-OH is 1. The molecule has 2 aromatic rings. The minimum atomic E-state index is -0.556. The van der Waals surface area contributed by atoms with E-state index in [1.807, 2.05) is 6.07 Å². The summed E-state index contributed by atoms with van der Waals surface area (Å²) in [6.07, 6.45) is 0. The molecule has 2 aromatic carbocycles. The summed E-state index contributed by atoms with van der Waals surface area (Å²) in [4.78, 5) is 12.0. The Morgan fingerprint density at radius 3 is 2.90 bits per heavy atom. The van der Waals surface area contributed by atoms with E-state index in [-0.39, 0.29) is 18.3 Å². The number of amides is 1. The number of hydrogen-bond donors (Lipinski definition) is 3. The van der Waals surface area contributed by atoms with Crippen LogP contribution in [0.15, 0.2) is 42.5 Å². The van der Waals surface area contributed by atoms with Gasteiger partial charge in [0.2, 0.25) is 0 Å². The largest absolute Gasteiger partial charge is 0.392 e. The fraction of sp³-hybridized carbons (Fsp3) is 0.133. The first-order valence-electron chi connectivity index (χ1n) is 6.24. The minimum absolute atomic E-state index is 0.0613. The molecule has 1 aliphatic heterocycles. The Hall–Kier alpha value is -2.40.